The van der Waals surface area contributed by atoms with Crippen molar-refractivity contribution in [3.05, 3.63) is 35.1 Å². The van der Waals surface area contributed by atoms with Crippen LogP contribution in [0.1, 0.15) is 11.1 Å². The van der Waals surface area contributed by atoms with E-state index in [1.165, 1.54) is 11.0 Å². The highest BCUT2D eigenvalue weighted by atomic mass is 19.1. The largest absolute Gasteiger partial charge is 0.348 e. The van der Waals surface area contributed by atoms with Crippen molar-refractivity contribution in [3.8, 4) is 6.07 Å². The summed E-state index contributed by atoms with van der Waals surface area (Å²) in [6, 6.07) is 6.14. The predicted octanol–water partition coefficient (Wildman–Crippen LogP) is 0.875. The topological polar surface area (TPSA) is 56.1 Å². The zero-order chi connectivity index (χ0) is 12.8. The van der Waals surface area contributed by atoms with Crippen LogP contribution in [0.2, 0.25) is 0 Å². The summed E-state index contributed by atoms with van der Waals surface area (Å²) in [4.78, 5) is 12.7. The fourth-order valence-corrected chi connectivity index (χ4v) is 1.22. The van der Waals surface area contributed by atoms with E-state index >= 15 is 0 Å². The first-order valence-corrected chi connectivity index (χ1v) is 5.14. The molecule has 1 rings (SSSR count). The summed E-state index contributed by atoms with van der Waals surface area (Å²) in [7, 11) is 3.32. The monoisotopic (exact) mass is 235 g/mol. The summed E-state index contributed by atoms with van der Waals surface area (Å²) in [6.07, 6.45) is 0. The van der Waals surface area contributed by atoms with Crippen molar-refractivity contribution in [2.24, 2.45) is 0 Å². The molecule has 1 aromatic carbocycles. The normalized spacial score (nSPS) is 9.76. The SMILES string of the molecule is CN(C)C(=O)CNCc1ccc(C#N)cc1F. The zero-order valence-electron chi connectivity index (χ0n) is 9.83. The van der Waals surface area contributed by atoms with Gasteiger partial charge in [-0.2, -0.15) is 5.26 Å². The van der Waals surface area contributed by atoms with Crippen molar-refractivity contribution in [1.82, 2.24) is 10.2 Å². The van der Waals surface area contributed by atoms with Gasteiger partial charge in [0.25, 0.3) is 0 Å². The molecule has 0 aromatic heterocycles. The van der Waals surface area contributed by atoms with Crippen LogP contribution in [-0.4, -0.2) is 31.4 Å². The van der Waals surface area contributed by atoms with E-state index in [1.807, 2.05) is 6.07 Å². The number of benzene rings is 1. The van der Waals surface area contributed by atoms with E-state index in [0.29, 0.717) is 5.56 Å². The van der Waals surface area contributed by atoms with Crippen molar-refractivity contribution < 1.29 is 9.18 Å². The highest BCUT2D eigenvalue weighted by molar-refractivity contribution is 5.77. The van der Waals surface area contributed by atoms with Gasteiger partial charge in [-0.15, -0.1) is 0 Å². The average Bonchev–Trinajstić information content (AvgIpc) is 2.30. The molecule has 0 unspecified atom stereocenters. The van der Waals surface area contributed by atoms with Crippen molar-refractivity contribution in [2.45, 2.75) is 6.54 Å². The first-order valence-electron chi connectivity index (χ1n) is 5.14. The van der Waals surface area contributed by atoms with E-state index in [0.717, 1.165) is 0 Å². The molecule has 0 atom stereocenters. The lowest BCUT2D eigenvalue weighted by molar-refractivity contribution is -0.127. The molecule has 0 aliphatic rings. The molecule has 4 nitrogen and oxygen atoms in total. The van der Waals surface area contributed by atoms with Crippen molar-refractivity contribution in [2.75, 3.05) is 20.6 Å². The molecule has 5 heteroatoms. The Bertz CT molecular complexity index is 452. The molecule has 90 valence electrons. The fraction of sp³-hybridized carbons (Fsp3) is 0.333. The Balaban J connectivity index is 2.53. The van der Waals surface area contributed by atoms with Crippen LogP contribution in [0.15, 0.2) is 18.2 Å². The highest BCUT2D eigenvalue weighted by Gasteiger charge is 2.06. The molecule has 0 heterocycles. The Hall–Kier alpha value is -1.93. The third kappa shape index (κ3) is 3.85. The molecule has 0 fully saturated rings. The quantitative estimate of drug-likeness (QED) is 0.842. The summed E-state index contributed by atoms with van der Waals surface area (Å²) in [5.41, 5.74) is 0.728. The Kier molecular flexibility index (Phi) is 4.61. The van der Waals surface area contributed by atoms with E-state index in [1.54, 1.807) is 26.2 Å². The van der Waals surface area contributed by atoms with Crippen LogP contribution >= 0.6 is 0 Å². The van der Waals surface area contributed by atoms with Gasteiger partial charge < -0.3 is 10.2 Å². The summed E-state index contributed by atoms with van der Waals surface area (Å²) >= 11 is 0. The molecule has 0 bridgehead atoms. The molecule has 0 spiro atoms. The minimum Gasteiger partial charge on any atom is -0.348 e. The number of carbonyl (C=O) groups is 1. The van der Waals surface area contributed by atoms with E-state index < -0.39 is 5.82 Å². The van der Waals surface area contributed by atoms with Crippen molar-refractivity contribution >= 4 is 5.91 Å². The van der Waals surface area contributed by atoms with Gasteiger partial charge in [0.1, 0.15) is 5.82 Å². The summed E-state index contributed by atoms with van der Waals surface area (Å²) in [5, 5.41) is 11.4. The molecule has 17 heavy (non-hydrogen) atoms. The second kappa shape index (κ2) is 5.97. The lowest BCUT2D eigenvalue weighted by atomic mass is 10.1. The van der Waals surface area contributed by atoms with Gasteiger partial charge in [0.05, 0.1) is 18.2 Å². The maximum Gasteiger partial charge on any atom is 0.236 e. The van der Waals surface area contributed by atoms with Crippen LogP contribution in [0.4, 0.5) is 4.39 Å². The predicted molar refractivity (Wildman–Crippen MR) is 61.5 cm³/mol. The lowest BCUT2D eigenvalue weighted by Gasteiger charge is -2.11. The lowest BCUT2D eigenvalue weighted by Crippen LogP contribution is -2.32. The maximum absolute atomic E-state index is 13.4. The number of amides is 1. The number of likely N-dealkylation sites (N-methyl/N-ethyl adjacent to an activating group) is 1. The van der Waals surface area contributed by atoms with Crippen LogP contribution in [0.5, 0.6) is 0 Å². The van der Waals surface area contributed by atoms with E-state index in [9.17, 15) is 9.18 Å². The van der Waals surface area contributed by atoms with Crippen molar-refractivity contribution in [1.29, 1.82) is 5.26 Å². The van der Waals surface area contributed by atoms with Crippen molar-refractivity contribution in [3.63, 3.8) is 0 Å². The van der Waals surface area contributed by atoms with Crippen LogP contribution in [0, 0.1) is 17.1 Å². The number of hydrogen-bond acceptors (Lipinski definition) is 3. The van der Waals surface area contributed by atoms with Gasteiger partial charge in [0.2, 0.25) is 5.91 Å². The molecule has 1 aromatic rings. The summed E-state index contributed by atoms with van der Waals surface area (Å²) < 4.78 is 13.4. The third-order valence-corrected chi connectivity index (χ3v) is 2.27. The highest BCUT2D eigenvalue weighted by Crippen LogP contribution is 2.09. The van der Waals surface area contributed by atoms with Gasteiger partial charge in [-0.3, -0.25) is 4.79 Å². The molecule has 0 radical (unpaired) electrons. The first kappa shape index (κ1) is 13.1. The maximum atomic E-state index is 13.4. The molecule has 0 aliphatic heterocycles. The molecule has 0 saturated heterocycles. The molecule has 0 saturated carbocycles. The molecular formula is C12H14FN3O. The molecule has 1 amide bonds. The second-order valence-electron chi connectivity index (χ2n) is 3.81. The van der Waals surface area contributed by atoms with Crippen LogP contribution < -0.4 is 5.32 Å². The Morgan fingerprint density at radius 3 is 2.76 bits per heavy atom. The summed E-state index contributed by atoms with van der Waals surface area (Å²) in [5.74, 6) is -0.507. The molecular weight excluding hydrogens is 221 g/mol. The number of hydrogen-bond donors (Lipinski definition) is 1. The standard InChI is InChI=1S/C12H14FN3O/c1-16(2)12(17)8-15-7-10-4-3-9(6-14)5-11(10)13/h3-5,15H,7-8H2,1-2H3. The van der Waals surface area contributed by atoms with E-state index in [4.69, 9.17) is 5.26 Å². The van der Waals surface area contributed by atoms with Gasteiger partial charge in [0, 0.05) is 26.2 Å². The zero-order valence-corrected chi connectivity index (χ0v) is 9.83. The number of halogens is 1. The first-order chi connectivity index (χ1) is 8.04. The van der Waals surface area contributed by atoms with Gasteiger partial charge in [-0.25, -0.2) is 4.39 Å². The second-order valence-corrected chi connectivity index (χ2v) is 3.81. The minimum absolute atomic E-state index is 0.0703. The number of nitriles is 1. The summed E-state index contributed by atoms with van der Waals surface area (Å²) in [6.45, 7) is 0.420. The number of nitrogens with zero attached hydrogens (tertiary/aromatic N) is 2. The van der Waals surface area contributed by atoms with E-state index in [-0.39, 0.29) is 24.6 Å². The smallest absolute Gasteiger partial charge is 0.236 e. The van der Waals surface area contributed by atoms with Crippen LogP contribution in [0.25, 0.3) is 0 Å². The third-order valence-electron chi connectivity index (χ3n) is 2.27. The van der Waals surface area contributed by atoms with Crippen LogP contribution in [0.3, 0.4) is 0 Å². The van der Waals surface area contributed by atoms with Gasteiger partial charge in [0.15, 0.2) is 0 Å². The Morgan fingerprint density at radius 2 is 2.24 bits per heavy atom. The Morgan fingerprint density at radius 1 is 1.53 bits per heavy atom. The number of nitrogens with one attached hydrogen (secondary N) is 1. The number of carbonyl (C=O) groups excluding carboxylic acids is 1. The fourth-order valence-electron chi connectivity index (χ4n) is 1.22. The Labute approximate surface area is 99.7 Å². The van der Waals surface area contributed by atoms with Gasteiger partial charge in [-0.1, -0.05) is 6.07 Å². The average molecular weight is 235 g/mol. The number of rotatable bonds is 4. The van der Waals surface area contributed by atoms with Crippen LogP contribution in [-0.2, 0) is 11.3 Å². The van der Waals surface area contributed by atoms with Gasteiger partial charge in [-0.05, 0) is 12.1 Å². The molecule has 1 N–H and O–H groups in total. The molecule has 0 aliphatic carbocycles. The minimum atomic E-state index is -0.436. The van der Waals surface area contributed by atoms with Gasteiger partial charge >= 0.3 is 0 Å². The van der Waals surface area contributed by atoms with E-state index in [2.05, 4.69) is 5.32 Å².